The van der Waals surface area contributed by atoms with Crippen molar-refractivity contribution in [3.8, 4) is 0 Å². The second-order valence-corrected chi connectivity index (χ2v) is 7.10. The van der Waals surface area contributed by atoms with Crippen LogP contribution in [0.15, 0.2) is 28.5 Å². The molecule has 0 saturated heterocycles. The fourth-order valence-corrected chi connectivity index (χ4v) is 2.98. The van der Waals surface area contributed by atoms with E-state index in [4.69, 9.17) is 10.9 Å². The predicted octanol–water partition coefficient (Wildman–Crippen LogP) is 1.32. The fraction of sp³-hybridized carbons (Fsp3) is 0.250. The molecule has 108 valence electrons. The molecule has 0 atom stereocenters. The molecule has 6 nitrogen and oxygen atoms in total. The Labute approximate surface area is 122 Å². The normalized spacial score (nSPS) is 11.6. The van der Waals surface area contributed by atoms with E-state index in [1.807, 2.05) is 24.3 Å². The largest absolute Gasteiger partial charge is 0.397 e. The molecule has 1 aromatic heterocycles. The molecule has 0 aliphatic carbocycles. The highest BCUT2D eigenvalue weighted by molar-refractivity contribution is 7.89. The third-order valence-electron chi connectivity index (χ3n) is 2.81. The molecule has 2 rings (SSSR count). The van der Waals surface area contributed by atoms with Gasteiger partial charge in [-0.3, -0.25) is 0 Å². The monoisotopic (exact) mass is 312 g/mol. The summed E-state index contributed by atoms with van der Waals surface area (Å²) in [5, 5.41) is 8.08. The van der Waals surface area contributed by atoms with Gasteiger partial charge in [-0.25, -0.2) is 18.5 Å². The molecule has 20 heavy (non-hydrogen) atoms. The number of nitrogens with two attached hydrogens (primary N) is 2. The summed E-state index contributed by atoms with van der Waals surface area (Å²) < 4.78 is 22.8. The van der Waals surface area contributed by atoms with Gasteiger partial charge in [0, 0.05) is 12.4 Å². The molecule has 0 saturated carbocycles. The van der Waals surface area contributed by atoms with Crippen LogP contribution in [0, 0.1) is 6.92 Å². The van der Waals surface area contributed by atoms with Crippen molar-refractivity contribution in [2.45, 2.75) is 18.4 Å². The van der Waals surface area contributed by atoms with Crippen molar-refractivity contribution in [3.05, 3.63) is 34.3 Å². The first-order valence-corrected chi connectivity index (χ1v) is 8.24. The van der Waals surface area contributed by atoms with Crippen molar-refractivity contribution in [1.82, 2.24) is 4.98 Å². The van der Waals surface area contributed by atoms with Gasteiger partial charge in [0.1, 0.15) is 0 Å². The Morgan fingerprint density at radius 2 is 2.10 bits per heavy atom. The summed E-state index contributed by atoms with van der Waals surface area (Å²) in [6.45, 7) is 2.48. The number of primary sulfonamides is 1. The molecular weight excluding hydrogens is 296 g/mol. The van der Waals surface area contributed by atoms with Crippen LogP contribution in [-0.4, -0.2) is 20.4 Å². The molecule has 0 bridgehead atoms. The van der Waals surface area contributed by atoms with Gasteiger partial charge >= 0.3 is 0 Å². The van der Waals surface area contributed by atoms with Gasteiger partial charge in [-0.15, -0.1) is 11.3 Å². The van der Waals surface area contributed by atoms with Crippen LogP contribution in [0.2, 0.25) is 0 Å². The summed E-state index contributed by atoms with van der Waals surface area (Å²) >= 11 is 1.57. The summed E-state index contributed by atoms with van der Waals surface area (Å²) in [7, 11) is -1.91. The predicted molar refractivity (Wildman–Crippen MR) is 81.2 cm³/mol. The summed E-state index contributed by atoms with van der Waals surface area (Å²) in [6, 6.07) is 4.41. The van der Waals surface area contributed by atoms with Gasteiger partial charge in [0.15, 0.2) is 0 Å². The molecule has 0 aliphatic rings. The SMILES string of the molecule is Cc1nc(CN(C)c2cc(S(N)(=O)=O)ccc2N)cs1. The number of thiazole rings is 1. The highest BCUT2D eigenvalue weighted by Gasteiger charge is 2.13. The van der Waals surface area contributed by atoms with E-state index in [2.05, 4.69) is 4.98 Å². The molecule has 0 spiro atoms. The topological polar surface area (TPSA) is 102 Å². The summed E-state index contributed by atoms with van der Waals surface area (Å²) in [5.74, 6) is 0. The lowest BCUT2D eigenvalue weighted by Crippen LogP contribution is -2.19. The molecule has 0 aliphatic heterocycles. The fourth-order valence-electron chi connectivity index (χ4n) is 1.84. The Balaban J connectivity index is 2.31. The molecular formula is C12H16N4O2S2. The molecule has 0 radical (unpaired) electrons. The lowest BCUT2D eigenvalue weighted by molar-refractivity contribution is 0.598. The third kappa shape index (κ3) is 3.27. The first-order valence-electron chi connectivity index (χ1n) is 5.82. The minimum absolute atomic E-state index is 0.0445. The molecule has 0 fully saturated rings. The second-order valence-electron chi connectivity index (χ2n) is 4.48. The maximum Gasteiger partial charge on any atom is 0.238 e. The number of rotatable bonds is 4. The van der Waals surface area contributed by atoms with Crippen molar-refractivity contribution >= 4 is 32.7 Å². The van der Waals surface area contributed by atoms with Crippen molar-refractivity contribution in [1.29, 1.82) is 0 Å². The van der Waals surface area contributed by atoms with E-state index in [0.717, 1.165) is 10.7 Å². The molecule has 4 N–H and O–H groups in total. The number of benzene rings is 1. The number of aryl methyl sites for hydroxylation is 1. The summed E-state index contributed by atoms with van der Waals surface area (Å²) in [4.78, 5) is 6.26. The van der Waals surface area contributed by atoms with Gasteiger partial charge in [-0.05, 0) is 25.1 Å². The smallest absolute Gasteiger partial charge is 0.238 e. The number of aromatic nitrogens is 1. The standard InChI is InChI=1S/C12H16N4O2S2/c1-8-15-9(7-19-8)6-16(2)12-5-10(20(14,17)18)3-4-11(12)13/h3-5,7H,6,13H2,1-2H3,(H2,14,17,18). The van der Waals surface area contributed by atoms with Gasteiger partial charge in [0.05, 0.1) is 33.5 Å². The molecule has 1 heterocycles. The maximum atomic E-state index is 11.4. The van der Waals surface area contributed by atoms with Gasteiger partial charge in [0.25, 0.3) is 0 Å². The lowest BCUT2D eigenvalue weighted by atomic mass is 10.2. The van der Waals surface area contributed by atoms with E-state index in [0.29, 0.717) is 17.9 Å². The van der Waals surface area contributed by atoms with Gasteiger partial charge in [-0.1, -0.05) is 0 Å². The van der Waals surface area contributed by atoms with Crippen LogP contribution in [0.4, 0.5) is 11.4 Å². The molecule has 2 aromatic rings. The number of anilines is 2. The van der Waals surface area contributed by atoms with Crippen molar-refractivity contribution in [2.75, 3.05) is 17.7 Å². The lowest BCUT2D eigenvalue weighted by Gasteiger charge is -2.20. The zero-order valence-electron chi connectivity index (χ0n) is 11.2. The molecule has 8 heteroatoms. The van der Waals surface area contributed by atoms with E-state index in [1.54, 1.807) is 11.3 Å². The Kier molecular flexibility index (Phi) is 3.98. The van der Waals surface area contributed by atoms with Gasteiger partial charge < -0.3 is 10.6 Å². The highest BCUT2D eigenvalue weighted by Crippen LogP contribution is 2.26. The Morgan fingerprint density at radius 3 is 2.65 bits per heavy atom. The average Bonchev–Trinajstić information content (AvgIpc) is 2.73. The van der Waals surface area contributed by atoms with Crippen LogP contribution < -0.4 is 15.8 Å². The van der Waals surface area contributed by atoms with E-state index in [-0.39, 0.29) is 4.90 Å². The number of hydrogen-bond donors (Lipinski definition) is 2. The first-order chi connectivity index (χ1) is 9.27. The summed E-state index contributed by atoms with van der Waals surface area (Å²) in [5.41, 5.74) is 7.92. The quantitative estimate of drug-likeness (QED) is 0.829. The van der Waals surface area contributed by atoms with Gasteiger partial charge in [0.2, 0.25) is 10.0 Å². The van der Waals surface area contributed by atoms with Crippen molar-refractivity contribution in [3.63, 3.8) is 0 Å². The number of nitrogen functional groups attached to an aromatic ring is 1. The zero-order chi connectivity index (χ0) is 14.9. The number of sulfonamides is 1. The van der Waals surface area contributed by atoms with Crippen LogP contribution in [0.5, 0.6) is 0 Å². The minimum Gasteiger partial charge on any atom is -0.397 e. The summed E-state index contributed by atoms with van der Waals surface area (Å²) in [6.07, 6.45) is 0. The average molecular weight is 312 g/mol. The van der Waals surface area contributed by atoms with Crippen LogP contribution >= 0.6 is 11.3 Å². The highest BCUT2D eigenvalue weighted by atomic mass is 32.2. The van der Waals surface area contributed by atoms with E-state index < -0.39 is 10.0 Å². The van der Waals surface area contributed by atoms with Crippen LogP contribution in [0.25, 0.3) is 0 Å². The third-order valence-corrected chi connectivity index (χ3v) is 4.54. The Bertz CT molecular complexity index is 725. The molecule has 0 amide bonds. The minimum atomic E-state index is -3.74. The van der Waals surface area contributed by atoms with Crippen molar-refractivity contribution in [2.24, 2.45) is 5.14 Å². The second kappa shape index (κ2) is 5.39. The van der Waals surface area contributed by atoms with E-state index >= 15 is 0 Å². The van der Waals surface area contributed by atoms with E-state index in [1.165, 1.54) is 18.2 Å². The van der Waals surface area contributed by atoms with E-state index in [9.17, 15) is 8.42 Å². The zero-order valence-corrected chi connectivity index (χ0v) is 12.8. The molecule has 1 aromatic carbocycles. The van der Waals surface area contributed by atoms with Crippen LogP contribution in [0.3, 0.4) is 0 Å². The molecule has 0 unspecified atom stereocenters. The maximum absolute atomic E-state index is 11.4. The Hall–Kier alpha value is -1.64. The van der Waals surface area contributed by atoms with Gasteiger partial charge in [-0.2, -0.15) is 0 Å². The van der Waals surface area contributed by atoms with Crippen LogP contribution in [-0.2, 0) is 16.6 Å². The first kappa shape index (κ1) is 14.8. The number of hydrogen-bond acceptors (Lipinski definition) is 6. The number of nitrogens with zero attached hydrogens (tertiary/aromatic N) is 2. The Morgan fingerprint density at radius 1 is 1.40 bits per heavy atom. The van der Waals surface area contributed by atoms with Crippen molar-refractivity contribution < 1.29 is 8.42 Å². The van der Waals surface area contributed by atoms with Crippen LogP contribution in [0.1, 0.15) is 10.7 Å².